The second-order valence-corrected chi connectivity index (χ2v) is 5.27. The minimum atomic E-state index is -1.05. The normalized spacial score (nSPS) is 11.9. The number of rotatable bonds is 6. The third-order valence-corrected chi connectivity index (χ3v) is 3.45. The third kappa shape index (κ3) is 4.65. The van der Waals surface area contributed by atoms with Crippen molar-refractivity contribution in [2.24, 2.45) is 0 Å². The van der Waals surface area contributed by atoms with Crippen LogP contribution in [0.2, 0.25) is 5.02 Å². The van der Waals surface area contributed by atoms with Crippen molar-refractivity contribution in [2.75, 3.05) is 17.7 Å². The molecule has 7 heteroatoms. The lowest BCUT2D eigenvalue weighted by Gasteiger charge is -2.14. The monoisotopic (exact) mass is 302 g/mol. The summed E-state index contributed by atoms with van der Waals surface area (Å²) in [7, 11) is 0. The number of thioether (sulfide) groups is 1. The van der Waals surface area contributed by atoms with Crippen LogP contribution >= 0.6 is 23.4 Å². The zero-order chi connectivity index (χ0) is 14.4. The number of nitrogen functional groups attached to an aromatic ring is 1. The predicted molar refractivity (Wildman–Crippen MR) is 77.8 cm³/mol. The molecule has 104 valence electrons. The summed E-state index contributed by atoms with van der Waals surface area (Å²) in [6.45, 7) is 0. The van der Waals surface area contributed by atoms with Gasteiger partial charge in [-0.15, -0.1) is 0 Å². The van der Waals surface area contributed by atoms with Gasteiger partial charge in [0.15, 0.2) is 0 Å². The standard InChI is InChI=1S/C12H15ClN2O3S/c1-19-5-4-10(12(17)18)15-11(16)7-2-3-9(14)8(13)6-7/h2-3,6,10H,4-5,14H2,1H3,(H,15,16)(H,17,18)/t10-/m0/s1. The van der Waals surface area contributed by atoms with Gasteiger partial charge in [-0.25, -0.2) is 4.79 Å². The van der Waals surface area contributed by atoms with Gasteiger partial charge in [0.2, 0.25) is 0 Å². The molecule has 19 heavy (non-hydrogen) atoms. The van der Waals surface area contributed by atoms with Gasteiger partial charge in [-0.2, -0.15) is 11.8 Å². The molecule has 1 aromatic rings. The number of halogens is 1. The summed E-state index contributed by atoms with van der Waals surface area (Å²) in [5.41, 5.74) is 6.20. The first kappa shape index (κ1) is 15.7. The maximum absolute atomic E-state index is 11.9. The van der Waals surface area contributed by atoms with E-state index in [0.29, 0.717) is 17.9 Å². The van der Waals surface area contributed by atoms with Crippen LogP contribution < -0.4 is 11.1 Å². The maximum atomic E-state index is 11.9. The first-order valence-electron chi connectivity index (χ1n) is 5.53. The quantitative estimate of drug-likeness (QED) is 0.698. The molecule has 1 atom stereocenters. The molecule has 0 radical (unpaired) electrons. The average Bonchev–Trinajstić information content (AvgIpc) is 2.37. The number of carbonyl (C=O) groups excluding carboxylic acids is 1. The minimum absolute atomic E-state index is 0.267. The Labute approximate surface area is 120 Å². The van der Waals surface area contributed by atoms with Crippen LogP contribution in [-0.4, -0.2) is 35.0 Å². The molecule has 0 aliphatic heterocycles. The van der Waals surface area contributed by atoms with Crippen molar-refractivity contribution in [2.45, 2.75) is 12.5 Å². The van der Waals surface area contributed by atoms with Crippen molar-refractivity contribution in [1.82, 2.24) is 5.32 Å². The van der Waals surface area contributed by atoms with Crippen LogP contribution in [0, 0.1) is 0 Å². The van der Waals surface area contributed by atoms with Gasteiger partial charge >= 0.3 is 5.97 Å². The number of carbonyl (C=O) groups is 2. The number of hydrogen-bond acceptors (Lipinski definition) is 4. The molecule has 0 fully saturated rings. The minimum Gasteiger partial charge on any atom is -0.480 e. The molecule has 0 saturated heterocycles. The molecular formula is C12H15ClN2O3S. The first-order valence-corrected chi connectivity index (χ1v) is 7.30. The highest BCUT2D eigenvalue weighted by atomic mass is 35.5. The van der Waals surface area contributed by atoms with E-state index in [2.05, 4.69) is 5.32 Å². The molecule has 0 bridgehead atoms. The van der Waals surface area contributed by atoms with E-state index < -0.39 is 17.9 Å². The van der Waals surface area contributed by atoms with E-state index >= 15 is 0 Å². The van der Waals surface area contributed by atoms with Gasteiger partial charge in [0.25, 0.3) is 5.91 Å². The van der Waals surface area contributed by atoms with Crippen LogP contribution in [0.25, 0.3) is 0 Å². The average molecular weight is 303 g/mol. The second kappa shape index (κ2) is 7.25. The Bertz CT molecular complexity index is 482. The number of carboxylic acids is 1. The fourth-order valence-electron chi connectivity index (χ4n) is 1.40. The highest BCUT2D eigenvalue weighted by molar-refractivity contribution is 7.98. The summed E-state index contributed by atoms with van der Waals surface area (Å²) < 4.78 is 0. The highest BCUT2D eigenvalue weighted by Crippen LogP contribution is 2.19. The molecule has 0 spiro atoms. The lowest BCUT2D eigenvalue weighted by atomic mass is 10.1. The number of nitrogens with one attached hydrogen (secondary N) is 1. The predicted octanol–water partition coefficient (Wildman–Crippen LogP) is 1.86. The largest absolute Gasteiger partial charge is 0.480 e. The van der Waals surface area contributed by atoms with Crippen molar-refractivity contribution in [3.05, 3.63) is 28.8 Å². The van der Waals surface area contributed by atoms with Gasteiger partial charge in [-0.1, -0.05) is 11.6 Å². The van der Waals surface area contributed by atoms with Crippen LogP contribution in [0.15, 0.2) is 18.2 Å². The molecule has 1 rings (SSSR count). The van der Waals surface area contributed by atoms with E-state index in [0.717, 1.165) is 0 Å². The fourth-order valence-corrected chi connectivity index (χ4v) is 2.05. The van der Waals surface area contributed by atoms with E-state index in [1.807, 2.05) is 6.26 Å². The number of carboxylic acid groups (broad SMARTS) is 1. The zero-order valence-electron chi connectivity index (χ0n) is 10.4. The number of aliphatic carboxylic acids is 1. The SMILES string of the molecule is CSCC[C@H](NC(=O)c1ccc(N)c(Cl)c1)C(=O)O. The van der Waals surface area contributed by atoms with Gasteiger partial charge in [-0.3, -0.25) is 4.79 Å². The van der Waals surface area contributed by atoms with Crippen molar-refractivity contribution < 1.29 is 14.7 Å². The Balaban J connectivity index is 2.75. The fraction of sp³-hybridized carbons (Fsp3) is 0.333. The summed E-state index contributed by atoms with van der Waals surface area (Å²) in [6, 6.07) is 3.52. The summed E-state index contributed by atoms with van der Waals surface area (Å²) in [5.74, 6) is -0.876. The molecular weight excluding hydrogens is 288 g/mol. The summed E-state index contributed by atoms with van der Waals surface area (Å²) >= 11 is 7.34. The molecule has 0 aromatic heterocycles. The molecule has 0 heterocycles. The molecule has 5 nitrogen and oxygen atoms in total. The Hall–Kier alpha value is -1.40. The summed E-state index contributed by atoms with van der Waals surface area (Å²) in [6.07, 6.45) is 2.24. The van der Waals surface area contributed by atoms with Gasteiger partial charge in [0, 0.05) is 5.56 Å². The van der Waals surface area contributed by atoms with Gasteiger partial charge in [0.1, 0.15) is 6.04 Å². The number of nitrogens with two attached hydrogens (primary N) is 1. The molecule has 0 aliphatic rings. The third-order valence-electron chi connectivity index (χ3n) is 2.48. The second-order valence-electron chi connectivity index (χ2n) is 3.88. The summed E-state index contributed by atoms with van der Waals surface area (Å²) in [4.78, 5) is 22.9. The van der Waals surface area contributed by atoms with E-state index in [4.69, 9.17) is 22.4 Å². The topological polar surface area (TPSA) is 92.4 Å². The van der Waals surface area contributed by atoms with Gasteiger partial charge in [-0.05, 0) is 36.6 Å². The van der Waals surface area contributed by atoms with Crippen LogP contribution in [0.1, 0.15) is 16.8 Å². The maximum Gasteiger partial charge on any atom is 0.326 e. The smallest absolute Gasteiger partial charge is 0.326 e. The number of anilines is 1. The number of amides is 1. The summed E-state index contributed by atoms with van der Waals surface area (Å²) in [5, 5.41) is 11.8. The lowest BCUT2D eigenvalue weighted by Crippen LogP contribution is -2.41. The molecule has 1 amide bonds. The van der Waals surface area contributed by atoms with E-state index in [1.54, 1.807) is 0 Å². The van der Waals surface area contributed by atoms with Crippen LogP contribution in [0.3, 0.4) is 0 Å². The Morgan fingerprint density at radius 3 is 2.74 bits per heavy atom. The van der Waals surface area contributed by atoms with Crippen molar-refractivity contribution in [3.8, 4) is 0 Å². The lowest BCUT2D eigenvalue weighted by molar-refractivity contribution is -0.139. The van der Waals surface area contributed by atoms with E-state index in [-0.39, 0.29) is 10.6 Å². The van der Waals surface area contributed by atoms with Crippen LogP contribution in [0.4, 0.5) is 5.69 Å². The molecule has 0 aliphatic carbocycles. The van der Waals surface area contributed by atoms with Crippen LogP contribution in [0.5, 0.6) is 0 Å². The number of hydrogen-bond donors (Lipinski definition) is 3. The van der Waals surface area contributed by atoms with Crippen molar-refractivity contribution in [1.29, 1.82) is 0 Å². The van der Waals surface area contributed by atoms with Gasteiger partial charge in [0.05, 0.1) is 10.7 Å². The number of benzene rings is 1. The Kier molecular flexibility index (Phi) is 5.98. The molecule has 0 unspecified atom stereocenters. The van der Waals surface area contributed by atoms with Crippen molar-refractivity contribution in [3.63, 3.8) is 0 Å². The highest BCUT2D eigenvalue weighted by Gasteiger charge is 2.20. The Morgan fingerprint density at radius 1 is 1.53 bits per heavy atom. The molecule has 4 N–H and O–H groups in total. The van der Waals surface area contributed by atoms with Gasteiger partial charge < -0.3 is 16.2 Å². The van der Waals surface area contributed by atoms with Crippen LogP contribution in [-0.2, 0) is 4.79 Å². The Morgan fingerprint density at radius 2 is 2.21 bits per heavy atom. The van der Waals surface area contributed by atoms with E-state index in [9.17, 15) is 9.59 Å². The zero-order valence-corrected chi connectivity index (χ0v) is 11.9. The molecule has 1 aromatic carbocycles. The van der Waals surface area contributed by atoms with Crippen molar-refractivity contribution >= 4 is 40.9 Å². The van der Waals surface area contributed by atoms with E-state index in [1.165, 1.54) is 30.0 Å². The first-order chi connectivity index (χ1) is 8.95. The molecule has 0 saturated carbocycles.